The molecule has 0 unspecified atom stereocenters. The molecule has 0 aliphatic rings. The fourth-order valence-electron chi connectivity index (χ4n) is 7.20. The molecule has 234 valence electrons. The first-order valence-corrected chi connectivity index (χ1v) is 15.9. The molecule has 5 aromatic heterocycles. The SMILES string of the molecule is CC(C)(C)c1cn(-c2[c-]c(-n3c4[c-]c(-n5c6ccccc6n6c7ccccc7nc56)ccc4c4ccccc43)ccc2)c2nccn12.[Pt+2]. The zero-order valence-electron chi connectivity index (χ0n) is 26.5. The van der Waals surface area contributed by atoms with Crippen molar-refractivity contribution in [2.24, 2.45) is 0 Å². The van der Waals surface area contributed by atoms with Crippen LogP contribution in [0.3, 0.4) is 0 Å². The molecule has 5 aromatic carbocycles. The van der Waals surface area contributed by atoms with E-state index in [1.54, 1.807) is 0 Å². The smallest absolute Gasteiger partial charge is 0.358 e. The first-order valence-electron chi connectivity index (χ1n) is 15.9. The molecular weight excluding hydrogens is 774 g/mol. The van der Waals surface area contributed by atoms with E-state index in [0.29, 0.717) is 0 Å². The molecule has 0 saturated heterocycles. The summed E-state index contributed by atoms with van der Waals surface area (Å²) in [6.07, 6.45) is 6.08. The fourth-order valence-corrected chi connectivity index (χ4v) is 7.20. The molecule has 0 saturated carbocycles. The maximum atomic E-state index is 5.10. The minimum absolute atomic E-state index is 0. The van der Waals surface area contributed by atoms with Gasteiger partial charge in [-0.1, -0.05) is 85.8 Å². The fraction of sp³-hybridized carbons (Fsp3) is 0.100. The Kier molecular flexibility index (Phi) is 6.18. The first-order chi connectivity index (χ1) is 23.0. The van der Waals surface area contributed by atoms with E-state index in [9.17, 15) is 0 Å². The van der Waals surface area contributed by atoms with Crippen molar-refractivity contribution in [2.45, 2.75) is 26.2 Å². The predicted octanol–water partition coefficient (Wildman–Crippen LogP) is 8.86. The van der Waals surface area contributed by atoms with Gasteiger partial charge in [0, 0.05) is 35.2 Å². The Morgan fingerprint density at radius 3 is 2.15 bits per heavy atom. The summed E-state index contributed by atoms with van der Waals surface area (Å²) in [5.41, 5.74) is 10.3. The van der Waals surface area contributed by atoms with Crippen LogP contribution in [0, 0.1) is 12.1 Å². The molecule has 0 fully saturated rings. The number of rotatable bonds is 3. The van der Waals surface area contributed by atoms with Crippen LogP contribution in [-0.4, -0.2) is 32.5 Å². The Balaban J connectivity index is 0.00000314. The van der Waals surface area contributed by atoms with E-state index in [4.69, 9.17) is 9.97 Å². The normalized spacial score (nSPS) is 12.3. The number of hydrogen-bond donors (Lipinski definition) is 0. The van der Waals surface area contributed by atoms with E-state index >= 15 is 0 Å². The van der Waals surface area contributed by atoms with Gasteiger partial charge in [0.2, 0.25) is 11.6 Å². The van der Waals surface area contributed by atoms with Crippen molar-refractivity contribution in [1.29, 1.82) is 0 Å². The molecule has 0 bridgehead atoms. The topological polar surface area (TPSA) is 49.4 Å². The molecule has 0 N–H and O–H groups in total. The molecule has 0 spiro atoms. The summed E-state index contributed by atoms with van der Waals surface area (Å²) < 4.78 is 11.1. The Morgan fingerprint density at radius 2 is 1.31 bits per heavy atom. The van der Waals surface area contributed by atoms with Gasteiger partial charge in [0.25, 0.3) is 0 Å². The summed E-state index contributed by atoms with van der Waals surface area (Å²) in [5, 5.41) is 2.31. The second kappa shape index (κ2) is 10.3. The van der Waals surface area contributed by atoms with Gasteiger partial charge in [0.15, 0.2) is 0 Å². The van der Waals surface area contributed by atoms with E-state index in [-0.39, 0.29) is 26.5 Å². The molecular formula is C40H29N7Pt. The number of imidazole rings is 4. The molecule has 10 aromatic rings. The van der Waals surface area contributed by atoms with Crippen molar-refractivity contribution in [1.82, 2.24) is 32.5 Å². The van der Waals surface area contributed by atoms with Crippen molar-refractivity contribution < 1.29 is 21.1 Å². The molecule has 0 aliphatic carbocycles. The molecule has 8 heteroatoms. The van der Waals surface area contributed by atoms with Gasteiger partial charge in [0.1, 0.15) is 0 Å². The number of para-hydroxylation sites is 5. The average molecular weight is 803 g/mol. The van der Waals surface area contributed by atoms with Crippen LogP contribution in [0.15, 0.2) is 122 Å². The zero-order valence-corrected chi connectivity index (χ0v) is 28.8. The van der Waals surface area contributed by atoms with Crippen molar-refractivity contribution >= 4 is 55.4 Å². The molecule has 48 heavy (non-hydrogen) atoms. The van der Waals surface area contributed by atoms with Gasteiger partial charge in [0.05, 0.1) is 22.1 Å². The Hall–Kier alpha value is -5.39. The molecule has 0 atom stereocenters. The van der Waals surface area contributed by atoms with Crippen molar-refractivity contribution in [3.63, 3.8) is 0 Å². The second-order valence-electron chi connectivity index (χ2n) is 13.2. The van der Waals surface area contributed by atoms with Crippen molar-refractivity contribution in [3.05, 3.63) is 140 Å². The van der Waals surface area contributed by atoms with Gasteiger partial charge < -0.3 is 13.7 Å². The minimum atomic E-state index is -0.0469. The van der Waals surface area contributed by atoms with Crippen molar-refractivity contribution in [2.75, 3.05) is 0 Å². The van der Waals surface area contributed by atoms with Crippen LogP contribution >= 0.6 is 0 Å². The summed E-state index contributed by atoms with van der Waals surface area (Å²) in [7, 11) is 0. The van der Waals surface area contributed by atoms with Crippen LogP contribution < -0.4 is 0 Å². The third kappa shape index (κ3) is 3.97. The Morgan fingerprint density at radius 1 is 0.604 bits per heavy atom. The number of aromatic nitrogens is 7. The van der Waals surface area contributed by atoms with Gasteiger partial charge >= 0.3 is 21.1 Å². The third-order valence-corrected chi connectivity index (χ3v) is 9.30. The first kappa shape index (κ1) is 28.8. The van der Waals surface area contributed by atoms with Crippen LogP contribution in [0.2, 0.25) is 0 Å². The van der Waals surface area contributed by atoms with Crippen LogP contribution in [0.25, 0.3) is 72.5 Å². The number of fused-ring (bicyclic) bond motifs is 9. The van der Waals surface area contributed by atoms with Crippen LogP contribution in [-0.2, 0) is 26.5 Å². The van der Waals surface area contributed by atoms with E-state index in [1.165, 1.54) is 11.1 Å². The van der Waals surface area contributed by atoms with Gasteiger partial charge in [-0.05, 0) is 35.7 Å². The zero-order chi connectivity index (χ0) is 31.4. The number of nitrogens with zero attached hydrogens (tertiary/aromatic N) is 7. The molecule has 7 nitrogen and oxygen atoms in total. The summed E-state index contributed by atoms with van der Waals surface area (Å²) in [6.45, 7) is 6.68. The van der Waals surface area contributed by atoms with E-state index < -0.39 is 0 Å². The van der Waals surface area contributed by atoms with Crippen LogP contribution in [0.5, 0.6) is 0 Å². The molecule has 0 amide bonds. The summed E-state index contributed by atoms with van der Waals surface area (Å²) in [4.78, 5) is 9.81. The Labute approximate surface area is 290 Å². The minimum Gasteiger partial charge on any atom is -0.358 e. The van der Waals surface area contributed by atoms with Crippen LogP contribution in [0.4, 0.5) is 0 Å². The molecule has 0 radical (unpaired) electrons. The summed E-state index contributed by atoms with van der Waals surface area (Å²) >= 11 is 0. The maximum Gasteiger partial charge on any atom is 2.00 e. The molecule has 0 aliphatic heterocycles. The van der Waals surface area contributed by atoms with E-state index in [1.807, 2.05) is 18.5 Å². The number of benzene rings is 5. The van der Waals surface area contributed by atoms with E-state index in [0.717, 1.165) is 67.1 Å². The second-order valence-corrected chi connectivity index (χ2v) is 13.2. The van der Waals surface area contributed by atoms with E-state index in [2.05, 4.69) is 159 Å². The van der Waals surface area contributed by atoms with Gasteiger partial charge in [-0.3, -0.25) is 8.80 Å². The van der Waals surface area contributed by atoms with Gasteiger partial charge in [-0.15, -0.1) is 35.7 Å². The van der Waals surface area contributed by atoms with Crippen LogP contribution in [0.1, 0.15) is 26.5 Å². The third-order valence-electron chi connectivity index (χ3n) is 9.30. The quantitative estimate of drug-likeness (QED) is 0.168. The number of hydrogen-bond acceptors (Lipinski definition) is 2. The van der Waals surface area contributed by atoms with Gasteiger partial charge in [-0.2, -0.15) is 12.1 Å². The molecule has 5 heterocycles. The monoisotopic (exact) mass is 802 g/mol. The summed E-state index contributed by atoms with van der Waals surface area (Å²) in [6, 6.07) is 43.6. The van der Waals surface area contributed by atoms with Crippen molar-refractivity contribution in [3.8, 4) is 17.1 Å². The van der Waals surface area contributed by atoms with Gasteiger partial charge in [-0.25, -0.2) is 9.97 Å². The summed E-state index contributed by atoms with van der Waals surface area (Å²) in [5.74, 6) is 1.74. The standard InChI is InChI=1S/C40H29N7.Pt/c1-40(2,3)37-25-44(38-41-21-22-43(37)38)26-11-10-12-27(23-26)45-32-15-6-4-13-29(32)30-20-19-28(24-36(30)45)46-34-17-8-9-18-35(34)47-33-16-7-5-14-31(33)42-39(46)47;/h4-22,25H,1-3H3;/q-2;+2. The largest absolute Gasteiger partial charge is 2.00 e. The Bertz CT molecular complexity index is 2850. The maximum absolute atomic E-state index is 5.10. The average Bonchev–Trinajstić information content (AvgIpc) is 3.89. The molecule has 10 rings (SSSR count). The predicted molar refractivity (Wildman–Crippen MR) is 188 cm³/mol.